The Morgan fingerprint density at radius 2 is 2.11 bits per heavy atom. The Bertz CT molecular complexity index is 670. The number of hydrogen-bond donors (Lipinski definition) is 1. The van der Waals surface area contributed by atoms with Gasteiger partial charge in [-0.05, 0) is 37.6 Å². The summed E-state index contributed by atoms with van der Waals surface area (Å²) in [5, 5.41) is 0. The first kappa shape index (κ1) is 12.9. The van der Waals surface area contributed by atoms with Crippen molar-refractivity contribution in [3.05, 3.63) is 45.9 Å². The molecule has 19 heavy (non-hydrogen) atoms. The van der Waals surface area contributed by atoms with Crippen molar-refractivity contribution < 1.29 is 14.1 Å². The van der Waals surface area contributed by atoms with Crippen LogP contribution in [0.3, 0.4) is 0 Å². The van der Waals surface area contributed by atoms with E-state index in [4.69, 9.17) is 15.0 Å². The highest BCUT2D eigenvalue weighted by molar-refractivity contribution is 5.78. The molecular weight excluding hydrogens is 248 g/mol. The van der Waals surface area contributed by atoms with Crippen LogP contribution in [0.2, 0.25) is 0 Å². The van der Waals surface area contributed by atoms with Gasteiger partial charge in [-0.25, -0.2) is 0 Å². The van der Waals surface area contributed by atoms with E-state index in [2.05, 4.69) is 0 Å². The van der Waals surface area contributed by atoms with Crippen LogP contribution in [0, 0.1) is 13.8 Å². The van der Waals surface area contributed by atoms with Crippen molar-refractivity contribution in [2.24, 2.45) is 0 Å². The van der Waals surface area contributed by atoms with Gasteiger partial charge in [0.1, 0.15) is 11.5 Å². The number of nitrogens with two attached hydrogens (primary N) is 1. The second kappa shape index (κ2) is 5.01. The second-order valence-corrected chi connectivity index (χ2v) is 4.19. The number of anilines is 1. The van der Waals surface area contributed by atoms with Crippen LogP contribution < -0.4 is 16.0 Å². The molecule has 6 heteroatoms. The Morgan fingerprint density at radius 3 is 2.68 bits per heavy atom. The molecule has 0 bridgehead atoms. The highest BCUT2D eigenvalue weighted by Gasteiger charge is 2.13. The van der Waals surface area contributed by atoms with Gasteiger partial charge in [-0.3, -0.25) is 9.59 Å². The smallest absolute Gasteiger partial charge is 0.300 e. The van der Waals surface area contributed by atoms with E-state index in [1.54, 1.807) is 25.1 Å². The summed E-state index contributed by atoms with van der Waals surface area (Å²) < 4.78 is 11.0. The quantitative estimate of drug-likeness (QED) is 0.844. The van der Waals surface area contributed by atoms with E-state index in [0.717, 1.165) is 5.56 Å². The maximum absolute atomic E-state index is 11.7. The molecule has 1 aromatic carbocycles. The second-order valence-electron chi connectivity index (χ2n) is 4.19. The van der Waals surface area contributed by atoms with Gasteiger partial charge in [0, 0.05) is 11.8 Å². The number of aromatic nitrogens is 1. The number of nitrogens with zero attached hydrogens (tertiary/aromatic N) is 1. The van der Waals surface area contributed by atoms with Gasteiger partial charge in [-0.1, -0.05) is 4.74 Å². The van der Waals surface area contributed by atoms with Gasteiger partial charge < -0.3 is 15.0 Å². The lowest BCUT2D eigenvalue weighted by Crippen LogP contribution is -2.26. The Morgan fingerprint density at radius 1 is 1.37 bits per heavy atom. The van der Waals surface area contributed by atoms with Gasteiger partial charge in [0.2, 0.25) is 0 Å². The van der Waals surface area contributed by atoms with E-state index >= 15 is 0 Å². The van der Waals surface area contributed by atoms with E-state index < -0.39 is 11.5 Å². The van der Waals surface area contributed by atoms with Crippen molar-refractivity contribution in [2.45, 2.75) is 13.8 Å². The number of aryl methyl sites for hydroxylation is 2. The first-order chi connectivity index (χ1) is 8.97. The molecule has 0 saturated carbocycles. The van der Waals surface area contributed by atoms with Crippen LogP contribution in [0.4, 0.5) is 5.69 Å². The third kappa shape index (κ3) is 2.85. The lowest BCUT2D eigenvalue weighted by atomic mass is 10.2. The summed E-state index contributed by atoms with van der Waals surface area (Å²) >= 11 is 0. The van der Waals surface area contributed by atoms with E-state index in [1.807, 2.05) is 6.92 Å². The molecule has 0 unspecified atom stereocenters. The topological polar surface area (TPSA) is 87.5 Å². The lowest BCUT2D eigenvalue weighted by molar-refractivity contribution is 0.0702. The minimum Gasteiger partial charge on any atom is -0.483 e. The number of ether oxygens (including phenoxy) is 1. The summed E-state index contributed by atoms with van der Waals surface area (Å²) in [5.41, 5.74) is 6.55. The summed E-state index contributed by atoms with van der Waals surface area (Å²) in [4.78, 5) is 23.1. The highest BCUT2D eigenvalue weighted by atomic mass is 16.5. The van der Waals surface area contributed by atoms with E-state index in [0.29, 0.717) is 21.9 Å². The van der Waals surface area contributed by atoms with Crippen molar-refractivity contribution in [1.82, 2.24) is 4.74 Å². The lowest BCUT2D eigenvalue weighted by Gasteiger charge is -2.08. The number of carbonyl (C=O) groups is 1. The Kier molecular flexibility index (Phi) is 3.41. The molecule has 0 atom stereocenters. The average Bonchev–Trinajstić information content (AvgIpc) is 2.67. The van der Waals surface area contributed by atoms with Crippen molar-refractivity contribution in [2.75, 3.05) is 12.3 Å². The zero-order valence-electron chi connectivity index (χ0n) is 10.7. The largest absolute Gasteiger partial charge is 0.483 e. The molecule has 2 aromatic rings. The van der Waals surface area contributed by atoms with Crippen LogP contribution in [0.25, 0.3) is 0 Å². The van der Waals surface area contributed by atoms with Crippen LogP contribution in [-0.4, -0.2) is 17.3 Å². The fourth-order valence-electron chi connectivity index (χ4n) is 1.65. The molecule has 6 nitrogen and oxygen atoms in total. The number of rotatable bonds is 3. The first-order valence-corrected chi connectivity index (χ1v) is 5.69. The predicted molar refractivity (Wildman–Crippen MR) is 69.4 cm³/mol. The van der Waals surface area contributed by atoms with Crippen LogP contribution in [0.1, 0.15) is 16.1 Å². The van der Waals surface area contributed by atoms with Gasteiger partial charge >= 0.3 is 5.91 Å². The average molecular weight is 262 g/mol. The number of benzene rings is 1. The number of hydrogen-bond acceptors (Lipinski definition) is 5. The number of nitrogen functional groups attached to an aromatic ring is 1. The molecule has 100 valence electrons. The van der Waals surface area contributed by atoms with Crippen LogP contribution in [-0.2, 0) is 0 Å². The van der Waals surface area contributed by atoms with E-state index in [1.165, 1.54) is 6.07 Å². The zero-order valence-corrected chi connectivity index (χ0v) is 10.7. The summed E-state index contributed by atoms with van der Waals surface area (Å²) in [5.74, 6) is 0.357. The third-order valence-electron chi connectivity index (χ3n) is 2.54. The molecule has 0 saturated heterocycles. The maximum Gasteiger partial charge on any atom is 0.300 e. The molecular formula is C13H14N2O4. The fraction of sp³-hybridized carbons (Fsp3) is 0.231. The van der Waals surface area contributed by atoms with Crippen molar-refractivity contribution >= 4 is 11.6 Å². The molecule has 0 fully saturated rings. The molecule has 0 radical (unpaired) electrons. The molecule has 1 heterocycles. The molecule has 2 rings (SSSR count). The summed E-state index contributed by atoms with van der Waals surface area (Å²) in [6, 6.07) is 6.33. The SMILES string of the molecule is Cc1cc(=O)n(C(=O)COc2ccc(N)cc2C)o1. The number of carbonyl (C=O) groups excluding carboxylic acids is 1. The summed E-state index contributed by atoms with van der Waals surface area (Å²) in [6.45, 7) is 3.13. The summed E-state index contributed by atoms with van der Waals surface area (Å²) in [7, 11) is 0. The predicted octanol–water partition coefficient (Wildman–Crippen LogP) is 1.36. The van der Waals surface area contributed by atoms with E-state index in [-0.39, 0.29) is 6.61 Å². The standard InChI is InChI=1S/C13H14N2O4/c1-8-5-10(14)3-4-11(8)18-7-13(17)15-12(16)6-9(2)19-15/h3-6H,7,14H2,1-2H3. The van der Waals surface area contributed by atoms with Gasteiger partial charge in [-0.2, -0.15) is 0 Å². The van der Waals surface area contributed by atoms with Gasteiger partial charge in [-0.15, -0.1) is 0 Å². The first-order valence-electron chi connectivity index (χ1n) is 5.69. The Labute approximate surface area is 109 Å². The van der Waals surface area contributed by atoms with Crippen molar-refractivity contribution in [3.8, 4) is 5.75 Å². The normalized spacial score (nSPS) is 10.4. The summed E-state index contributed by atoms with van der Waals surface area (Å²) in [6.07, 6.45) is 0. The Hall–Kier alpha value is -2.50. The third-order valence-corrected chi connectivity index (χ3v) is 2.54. The van der Waals surface area contributed by atoms with Crippen molar-refractivity contribution in [1.29, 1.82) is 0 Å². The molecule has 1 aromatic heterocycles. The van der Waals surface area contributed by atoms with Crippen LogP contribution in [0.5, 0.6) is 5.75 Å². The molecule has 0 spiro atoms. The highest BCUT2D eigenvalue weighted by Crippen LogP contribution is 2.19. The van der Waals surface area contributed by atoms with Gasteiger partial charge in [0.15, 0.2) is 6.61 Å². The molecule has 0 amide bonds. The maximum atomic E-state index is 11.7. The Balaban J connectivity index is 2.08. The van der Waals surface area contributed by atoms with Crippen LogP contribution in [0.15, 0.2) is 33.6 Å². The molecule has 0 aliphatic rings. The van der Waals surface area contributed by atoms with Crippen molar-refractivity contribution in [3.63, 3.8) is 0 Å². The zero-order chi connectivity index (χ0) is 14.0. The minimum absolute atomic E-state index is 0.280. The monoisotopic (exact) mass is 262 g/mol. The van der Waals surface area contributed by atoms with Gasteiger partial charge in [0.05, 0.1) is 0 Å². The molecule has 0 aliphatic carbocycles. The van der Waals surface area contributed by atoms with Crippen LogP contribution >= 0.6 is 0 Å². The van der Waals surface area contributed by atoms with Gasteiger partial charge in [0.25, 0.3) is 5.56 Å². The fourth-order valence-corrected chi connectivity index (χ4v) is 1.65. The minimum atomic E-state index is -0.561. The van der Waals surface area contributed by atoms with E-state index in [9.17, 15) is 9.59 Å². The molecule has 0 aliphatic heterocycles. The molecule has 2 N–H and O–H groups in total.